The van der Waals surface area contributed by atoms with Crippen molar-refractivity contribution in [3.8, 4) is 0 Å². The summed E-state index contributed by atoms with van der Waals surface area (Å²) in [4.78, 5) is 5.02. The molecule has 0 N–H and O–H groups in total. The van der Waals surface area contributed by atoms with Crippen molar-refractivity contribution in [2.45, 2.75) is 89.9 Å². The lowest BCUT2D eigenvalue weighted by atomic mass is 9.35. The van der Waals surface area contributed by atoms with Crippen molar-refractivity contribution >= 4 is 79.6 Å². The minimum Gasteiger partial charge on any atom is -0.468 e. The van der Waals surface area contributed by atoms with Gasteiger partial charge in [-0.15, -0.1) is 0 Å². The fraction of sp³-hybridized carbons (Fsp3) is 0.333. The Morgan fingerprint density at radius 2 is 1.12 bits per heavy atom. The normalized spacial score (nSPS) is 23.3. The number of rotatable bonds is 3. The number of fused-ring (bicyclic) bond motifs is 8. The molecule has 5 heteroatoms. The van der Waals surface area contributed by atoms with Gasteiger partial charge in [0.05, 0.1) is 11.3 Å². The molecule has 4 saturated carbocycles. The van der Waals surface area contributed by atoms with Gasteiger partial charge in [-0.1, -0.05) is 96.1 Å². The third kappa shape index (κ3) is 4.49. The zero-order valence-corrected chi connectivity index (χ0v) is 33.4. The Labute approximate surface area is 330 Å². The van der Waals surface area contributed by atoms with Crippen molar-refractivity contribution in [2.75, 3.05) is 9.80 Å². The third-order valence-corrected chi connectivity index (χ3v) is 14.6. The Bertz CT molecular complexity index is 2720. The van der Waals surface area contributed by atoms with E-state index in [1.165, 1.54) is 76.8 Å². The van der Waals surface area contributed by atoms with E-state index in [9.17, 15) is 0 Å². The van der Waals surface area contributed by atoms with Crippen molar-refractivity contribution in [2.24, 2.45) is 17.8 Å². The molecule has 278 valence electrons. The molecule has 7 aromatic rings. The molecule has 4 heterocycles. The summed E-state index contributed by atoms with van der Waals surface area (Å²) in [6, 6.07) is 41.1. The Kier molecular flexibility index (Phi) is 6.50. The van der Waals surface area contributed by atoms with Crippen LogP contribution in [0.4, 0.5) is 34.3 Å². The molecule has 2 aliphatic heterocycles. The average molecular weight is 733 g/mol. The zero-order chi connectivity index (χ0) is 37.9. The summed E-state index contributed by atoms with van der Waals surface area (Å²) in [6.45, 7) is 13.6. The van der Waals surface area contributed by atoms with E-state index in [1.54, 1.807) is 0 Å². The molecule has 4 bridgehead atoms. The van der Waals surface area contributed by atoms with Gasteiger partial charge in [0.15, 0.2) is 0 Å². The number of furan rings is 2. The van der Waals surface area contributed by atoms with Crippen LogP contribution in [0.3, 0.4) is 0 Å². The summed E-state index contributed by atoms with van der Waals surface area (Å²) >= 11 is 0. The number of hydrogen-bond donors (Lipinski definition) is 0. The molecular formula is C51H49BN2O2. The third-order valence-electron chi connectivity index (χ3n) is 14.6. The molecule has 0 spiro atoms. The van der Waals surface area contributed by atoms with Gasteiger partial charge in [-0.25, -0.2) is 0 Å². The van der Waals surface area contributed by atoms with E-state index in [2.05, 4.69) is 161 Å². The van der Waals surface area contributed by atoms with Crippen LogP contribution in [0.2, 0.25) is 0 Å². The van der Waals surface area contributed by atoms with Gasteiger partial charge in [0.2, 0.25) is 5.88 Å². The van der Waals surface area contributed by atoms with Crippen LogP contribution in [-0.2, 0) is 16.2 Å². The highest BCUT2D eigenvalue weighted by atomic mass is 16.4. The van der Waals surface area contributed by atoms with Gasteiger partial charge in [-0.05, 0) is 143 Å². The van der Waals surface area contributed by atoms with E-state index in [-0.39, 0.29) is 23.0 Å². The number of nitrogens with zero attached hydrogens (tertiary/aromatic N) is 2. The highest BCUT2D eigenvalue weighted by Gasteiger charge is 2.57. The van der Waals surface area contributed by atoms with Crippen LogP contribution in [-0.4, -0.2) is 6.71 Å². The summed E-state index contributed by atoms with van der Waals surface area (Å²) in [5, 5.41) is 2.29. The van der Waals surface area contributed by atoms with Crippen LogP contribution in [0.15, 0.2) is 118 Å². The zero-order valence-electron chi connectivity index (χ0n) is 33.4. The van der Waals surface area contributed by atoms with Gasteiger partial charge in [0, 0.05) is 39.0 Å². The number of para-hydroxylation sites is 2. The maximum atomic E-state index is 7.15. The largest absolute Gasteiger partial charge is 0.468 e. The second kappa shape index (κ2) is 11.0. The van der Waals surface area contributed by atoms with Gasteiger partial charge in [0.25, 0.3) is 0 Å². The molecule has 0 amide bonds. The lowest BCUT2D eigenvalue weighted by Gasteiger charge is -2.44. The summed E-state index contributed by atoms with van der Waals surface area (Å²) in [6.07, 6.45) is 6.78. The van der Waals surface area contributed by atoms with Gasteiger partial charge < -0.3 is 13.7 Å². The quantitative estimate of drug-likeness (QED) is 0.169. The summed E-state index contributed by atoms with van der Waals surface area (Å²) in [7, 11) is 0. The first-order valence-electron chi connectivity index (χ1n) is 21.0. The molecule has 0 radical (unpaired) electrons. The molecule has 4 aliphatic carbocycles. The van der Waals surface area contributed by atoms with Crippen molar-refractivity contribution in [1.29, 1.82) is 0 Å². The monoisotopic (exact) mass is 732 g/mol. The standard InChI is InChI=1S/C51H49BN2O2/c1-49(2,3)33-15-19-36(20-16-33)53-40-25-35(51-27-30-23-31(28-51)32(24-30)29-51)26-41-45(40)52(47-46(53)39-12-8-10-14-43(39)55-47)44-38-11-7-9-13-42(38)56-48(44)54(41)37-21-17-34(18-22-37)50(4,5)6/h7-22,25-26,30-32H,23-24,27-29H2,1-6H3. The number of hydrogen-bond acceptors (Lipinski definition) is 4. The van der Waals surface area contributed by atoms with E-state index in [0.29, 0.717) is 0 Å². The Morgan fingerprint density at radius 1 is 0.589 bits per heavy atom. The first-order valence-corrected chi connectivity index (χ1v) is 21.0. The van der Waals surface area contributed by atoms with Crippen molar-refractivity contribution in [3.05, 3.63) is 126 Å². The molecule has 4 fully saturated rings. The lowest BCUT2D eigenvalue weighted by molar-refractivity contribution is 0.229. The predicted octanol–water partition coefficient (Wildman–Crippen LogP) is 11.9. The van der Waals surface area contributed by atoms with Crippen LogP contribution >= 0.6 is 0 Å². The molecule has 2 aromatic heterocycles. The van der Waals surface area contributed by atoms with E-state index in [4.69, 9.17) is 8.83 Å². The molecule has 5 aromatic carbocycles. The molecule has 56 heavy (non-hydrogen) atoms. The van der Waals surface area contributed by atoms with Gasteiger partial charge >= 0.3 is 6.71 Å². The minimum absolute atomic E-state index is 0.0514. The van der Waals surface area contributed by atoms with Crippen LogP contribution in [0.5, 0.6) is 0 Å². The van der Waals surface area contributed by atoms with Crippen molar-refractivity contribution in [3.63, 3.8) is 0 Å². The fourth-order valence-corrected chi connectivity index (χ4v) is 12.1. The van der Waals surface area contributed by atoms with E-state index in [1.807, 2.05) is 0 Å². The second-order valence-corrected chi connectivity index (χ2v) is 20.0. The Hall–Kier alpha value is -5.16. The van der Waals surface area contributed by atoms with Gasteiger partial charge in [-0.2, -0.15) is 0 Å². The lowest BCUT2D eigenvalue weighted by Crippen LogP contribution is -2.60. The fourth-order valence-electron chi connectivity index (χ4n) is 12.1. The SMILES string of the molecule is CC(C)(C)c1ccc(N2c3cc(C45CC6CC(C4)C(C6)C5)cc4c3B(c3oc5ccccc5c3N4c3ccc(C(C)(C)C)cc3)c3c2oc2ccccc32)cc1. The van der Waals surface area contributed by atoms with Crippen LogP contribution in [0.1, 0.15) is 90.3 Å². The molecule has 0 saturated heterocycles. The smallest absolute Gasteiger partial charge is 0.302 e. The maximum Gasteiger partial charge on any atom is 0.302 e. The summed E-state index contributed by atoms with van der Waals surface area (Å²) in [5.41, 5.74) is 15.7. The second-order valence-electron chi connectivity index (χ2n) is 20.0. The highest BCUT2D eigenvalue weighted by molar-refractivity contribution is 7.01. The van der Waals surface area contributed by atoms with Crippen LogP contribution in [0.25, 0.3) is 21.9 Å². The average Bonchev–Trinajstić information content (AvgIpc) is 3.90. The number of benzene rings is 5. The van der Waals surface area contributed by atoms with Gasteiger partial charge in [-0.3, -0.25) is 4.90 Å². The van der Waals surface area contributed by atoms with E-state index < -0.39 is 0 Å². The Balaban J connectivity index is 1.19. The summed E-state index contributed by atoms with van der Waals surface area (Å²) < 4.78 is 14.2. The van der Waals surface area contributed by atoms with Gasteiger partial charge in [0.1, 0.15) is 11.2 Å². The first-order chi connectivity index (χ1) is 26.9. The maximum absolute atomic E-state index is 7.15. The Morgan fingerprint density at radius 3 is 1.71 bits per heavy atom. The van der Waals surface area contributed by atoms with Crippen LogP contribution in [0, 0.1) is 17.8 Å². The highest BCUT2D eigenvalue weighted by Crippen LogP contribution is 2.65. The predicted molar refractivity (Wildman–Crippen MR) is 233 cm³/mol. The topological polar surface area (TPSA) is 32.8 Å². The molecule has 2 unspecified atom stereocenters. The van der Waals surface area contributed by atoms with E-state index >= 15 is 0 Å². The first kappa shape index (κ1) is 33.0. The molecular weight excluding hydrogens is 683 g/mol. The van der Waals surface area contributed by atoms with E-state index in [0.717, 1.165) is 62.6 Å². The molecule has 2 atom stereocenters. The summed E-state index contributed by atoms with van der Waals surface area (Å²) in [5.74, 6) is 3.48. The van der Waals surface area contributed by atoms with Crippen molar-refractivity contribution < 1.29 is 8.83 Å². The molecule has 13 rings (SSSR count). The van der Waals surface area contributed by atoms with Crippen molar-refractivity contribution in [1.82, 2.24) is 0 Å². The minimum atomic E-state index is -0.140. The van der Waals surface area contributed by atoms with Crippen LogP contribution < -0.4 is 26.4 Å². The number of anilines is 6. The molecule has 6 aliphatic rings. The molecule has 4 nitrogen and oxygen atoms in total.